The van der Waals surface area contributed by atoms with Gasteiger partial charge in [0.1, 0.15) is 0 Å². The minimum Gasteiger partial charge on any atom is -0.454 e. The SMILES string of the molecule is Cc1ccc2ncn(CCc3ccc4c(c3)OCO4)c2c1. The van der Waals surface area contributed by atoms with Crippen molar-refractivity contribution < 1.29 is 9.47 Å². The Bertz CT molecular complexity index is 808. The molecule has 0 fully saturated rings. The highest BCUT2D eigenvalue weighted by Crippen LogP contribution is 2.32. The van der Waals surface area contributed by atoms with Gasteiger partial charge >= 0.3 is 0 Å². The monoisotopic (exact) mass is 280 g/mol. The van der Waals surface area contributed by atoms with Crippen LogP contribution in [-0.2, 0) is 13.0 Å². The lowest BCUT2D eigenvalue weighted by molar-refractivity contribution is 0.174. The zero-order chi connectivity index (χ0) is 14.2. The fraction of sp³-hybridized carbons (Fsp3) is 0.235. The lowest BCUT2D eigenvalue weighted by Gasteiger charge is -2.06. The zero-order valence-corrected chi connectivity index (χ0v) is 11.9. The van der Waals surface area contributed by atoms with Gasteiger partial charge in [0, 0.05) is 6.54 Å². The largest absolute Gasteiger partial charge is 0.454 e. The molecule has 0 saturated carbocycles. The maximum absolute atomic E-state index is 5.42. The first-order valence-corrected chi connectivity index (χ1v) is 7.10. The number of aryl methyl sites for hydroxylation is 3. The Kier molecular flexibility index (Phi) is 2.81. The van der Waals surface area contributed by atoms with E-state index in [1.807, 2.05) is 12.4 Å². The zero-order valence-electron chi connectivity index (χ0n) is 11.9. The Hall–Kier alpha value is -2.49. The van der Waals surface area contributed by atoms with E-state index in [2.05, 4.69) is 46.8 Å². The van der Waals surface area contributed by atoms with Crippen molar-refractivity contribution in [3.63, 3.8) is 0 Å². The van der Waals surface area contributed by atoms with Crippen LogP contribution in [0.15, 0.2) is 42.7 Å². The Morgan fingerprint density at radius 2 is 2.00 bits per heavy atom. The van der Waals surface area contributed by atoms with Gasteiger partial charge in [-0.25, -0.2) is 4.98 Å². The topological polar surface area (TPSA) is 36.3 Å². The lowest BCUT2D eigenvalue weighted by atomic mass is 10.1. The number of fused-ring (bicyclic) bond motifs is 2. The molecule has 0 unspecified atom stereocenters. The van der Waals surface area contributed by atoms with Crippen molar-refractivity contribution in [2.24, 2.45) is 0 Å². The van der Waals surface area contributed by atoms with Crippen molar-refractivity contribution in [1.29, 1.82) is 0 Å². The van der Waals surface area contributed by atoms with Crippen molar-refractivity contribution in [3.05, 3.63) is 53.9 Å². The first kappa shape index (κ1) is 12.3. The second-order valence-electron chi connectivity index (χ2n) is 5.37. The highest BCUT2D eigenvalue weighted by molar-refractivity contribution is 5.76. The summed E-state index contributed by atoms with van der Waals surface area (Å²) in [5, 5.41) is 0. The molecule has 1 aliphatic rings. The third-order valence-corrected chi connectivity index (χ3v) is 3.85. The summed E-state index contributed by atoms with van der Waals surface area (Å²) in [7, 11) is 0. The molecule has 1 aromatic heterocycles. The van der Waals surface area contributed by atoms with Crippen LogP contribution in [0.1, 0.15) is 11.1 Å². The van der Waals surface area contributed by atoms with Gasteiger partial charge in [-0.15, -0.1) is 0 Å². The highest BCUT2D eigenvalue weighted by Gasteiger charge is 2.13. The van der Waals surface area contributed by atoms with Crippen LogP contribution in [-0.4, -0.2) is 16.3 Å². The molecule has 4 heteroatoms. The molecular formula is C17H16N2O2. The minimum atomic E-state index is 0.324. The molecule has 1 aliphatic heterocycles. The molecule has 4 rings (SSSR count). The van der Waals surface area contributed by atoms with Crippen LogP contribution in [0.2, 0.25) is 0 Å². The van der Waals surface area contributed by atoms with Gasteiger partial charge in [-0.2, -0.15) is 0 Å². The number of benzene rings is 2. The first-order chi connectivity index (χ1) is 10.3. The maximum Gasteiger partial charge on any atom is 0.231 e. The summed E-state index contributed by atoms with van der Waals surface area (Å²) >= 11 is 0. The number of rotatable bonds is 3. The van der Waals surface area contributed by atoms with E-state index in [0.29, 0.717) is 6.79 Å². The second-order valence-corrected chi connectivity index (χ2v) is 5.37. The van der Waals surface area contributed by atoms with Gasteiger partial charge in [0.25, 0.3) is 0 Å². The average Bonchev–Trinajstić information content (AvgIpc) is 3.10. The quantitative estimate of drug-likeness (QED) is 0.738. The van der Waals surface area contributed by atoms with Crippen molar-refractivity contribution in [2.45, 2.75) is 19.9 Å². The van der Waals surface area contributed by atoms with E-state index in [-0.39, 0.29) is 0 Å². The molecule has 0 atom stereocenters. The average molecular weight is 280 g/mol. The number of hydrogen-bond acceptors (Lipinski definition) is 3. The molecule has 0 N–H and O–H groups in total. The van der Waals surface area contributed by atoms with E-state index in [1.165, 1.54) is 16.6 Å². The Morgan fingerprint density at radius 1 is 1.10 bits per heavy atom. The highest BCUT2D eigenvalue weighted by atomic mass is 16.7. The Balaban J connectivity index is 1.57. The van der Waals surface area contributed by atoms with Gasteiger partial charge in [0.15, 0.2) is 11.5 Å². The normalized spacial score (nSPS) is 13.0. The van der Waals surface area contributed by atoms with Crippen molar-refractivity contribution >= 4 is 11.0 Å². The van der Waals surface area contributed by atoms with Crippen molar-refractivity contribution in [1.82, 2.24) is 9.55 Å². The molecule has 21 heavy (non-hydrogen) atoms. The fourth-order valence-electron chi connectivity index (χ4n) is 2.69. The van der Waals surface area contributed by atoms with Crippen LogP contribution < -0.4 is 9.47 Å². The lowest BCUT2D eigenvalue weighted by Crippen LogP contribution is -2.00. The van der Waals surface area contributed by atoms with E-state index in [0.717, 1.165) is 30.0 Å². The summed E-state index contributed by atoms with van der Waals surface area (Å²) in [6.07, 6.45) is 2.85. The van der Waals surface area contributed by atoms with E-state index >= 15 is 0 Å². The smallest absolute Gasteiger partial charge is 0.231 e. The van der Waals surface area contributed by atoms with Crippen LogP contribution in [0, 0.1) is 6.92 Å². The van der Waals surface area contributed by atoms with Crippen LogP contribution in [0.25, 0.3) is 11.0 Å². The molecule has 0 spiro atoms. The summed E-state index contributed by atoms with van der Waals surface area (Å²) in [5.74, 6) is 1.68. The van der Waals surface area contributed by atoms with Crippen LogP contribution in [0.5, 0.6) is 11.5 Å². The van der Waals surface area contributed by atoms with Gasteiger partial charge in [-0.3, -0.25) is 0 Å². The van der Waals surface area contributed by atoms with Gasteiger partial charge in [-0.05, 0) is 48.7 Å². The van der Waals surface area contributed by atoms with Gasteiger partial charge in [0.2, 0.25) is 6.79 Å². The molecule has 0 aliphatic carbocycles. The third-order valence-electron chi connectivity index (χ3n) is 3.85. The second kappa shape index (κ2) is 4.81. The molecule has 0 bridgehead atoms. The molecule has 0 amide bonds. The van der Waals surface area contributed by atoms with Crippen molar-refractivity contribution in [2.75, 3.05) is 6.79 Å². The van der Waals surface area contributed by atoms with E-state index in [9.17, 15) is 0 Å². The molecular weight excluding hydrogens is 264 g/mol. The molecule has 3 aromatic rings. The summed E-state index contributed by atoms with van der Waals surface area (Å²) in [4.78, 5) is 4.45. The number of nitrogens with zero attached hydrogens (tertiary/aromatic N) is 2. The van der Waals surface area contributed by atoms with Crippen LogP contribution in [0.3, 0.4) is 0 Å². The maximum atomic E-state index is 5.42. The molecule has 2 aromatic carbocycles. The minimum absolute atomic E-state index is 0.324. The predicted molar refractivity (Wildman–Crippen MR) is 80.7 cm³/mol. The first-order valence-electron chi connectivity index (χ1n) is 7.10. The Labute approximate surface area is 122 Å². The van der Waals surface area contributed by atoms with Crippen molar-refractivity contribution in [3.8, 4) is 11.5 Å². The number of ether oxygens (including phenoxy) is 2. The standard InChI is InChI=1S/C17H16N2O2/c1-12-2-4-14-15(8-12)19(10-18-14)7-6-13-3-5-16-17(9-13)21-11-20-16/h2-5,8-10H,6-7,11H2,1H3. The predicted octanol–water partition coefficient (Wildman–Crippen LogP) is 3.32. The Morgan fingerprint density at radius 3 is 2.95 bits per heavy atom. The summed E-state index contributed by atoms with van der Waals surface area (Å²) in [6, 6.07) is 12.5. The molecule has 106 valence electrons. The van der Waals surface area contributed by atoms with E-state index < -0.39 is 0 Å². The summed E-state index contributed by atoms with van der Waals surface area (Å²) in [5.41, 5.74) is 4.74. The number of imidazole rings is 1. The van der Waals surface area contributed by atoms with Crippen LogP contribution >= 0.6 is 0 Å². The molecule has 0 saturated heterocycles. The molecule has 4 nitrogen and oxygen atoms in total. The van der Waals surface area contributed by atoms with E-state index in [4.69, 9.17) is 9.47 Å². The number of hydrogen-bond donors (Lipinski definition) is 0. The van der Waals surface area contributed by atoms with Gasteiger partial charge in [0.05, 0.1) is 17.4 Å². The number of aromatic nitrogens is 2. The summed E-state index contributed by atoms with van der Waals surface area (Å²) < 4.78 is 13.0. The third kappa shape index (κ3) is 2.23. The van der Waals surface area contributed by atoms with Gasteiger partial charge < -0.3 is 14.0 Å². The molecule has 2 heterocycles. The fourth-order valence-corrected chi connectivity index (χ4v) is 2.69. The van der Waals surface area contributed by atoms with Gasteiger partial charge in [-0.1, -0.05) is 12.1 Å². The van der Waals surface area contributed by atoms with E-state index in [1.54, 1.807) is 0 Å². The van der Waals surface area contributed by atoms with Crippen LogP contribution in [0.4, 0.5) is 0 Å². The summed E-state index contributed by atoms with van der Waals surface area (Å²) in [6.45, 7) is 3.33. The molecule has 0 radical (unpaired) electrons.